The summed E-state index contributed by atoms with van der Waals surface area (Å²) in [5.41, 5.74) is 6.47. The molecule has 0 radical (unpaired) electrons. The Hall–Kier alpha value is -0.920. The first-order valence-corrected chi connectivity index (χ1v) is 7.04. The molecule has 1 aromatic carbocycles. The summed E-state index contributed by atoms with van der Waals surface area (Å²) in [6.45, 7) is 5.18. The predicted octanol–water partition coefficient (Wildman–Crippen LogP) is 2.08. The third-order valence-corrected chi connectivity index (χ3v) is 3.91. The van der Waals surface area contributed by atoms with Gasteiger partial charge in [-0.15, -0.1) is 0 Å². The van der Waals surface area contributed by atoms with E-state index < -0.39 is 0 Å². The number of halogens is 2. The molecule has 1 aromatic rings. The molecule has 0 amide bonds. The van der Waals surface area contributed by atoms with E-state index in [0.717, 1.165) is 38.4 Å². The van der Waals surface area contributed by atoms with Crippen molar-refractivity contribution in [3.8, 4) is 11.8 Å². The summed E-state index contributed by atoms with van der Waals surface area (Å²) in [7, 11) is 0. The van der Waals surface area contributed by atoms with Gasteiger partial charge in [0.15, 0.2) is 0 Å². The van der Waals surface area contributed by atoms with Crippen LogP contribution in [0.25, 0.3) is 0 Å². The molecule has 0 saturated carbocycles. The zero-order chi connectivity index (χ0) is 13.7. The van der Waals surface area contributed by atoms with Crippen molar-refractivity contribution >= 4 is 28.9 Å². The lowest BCUT2D eigenvalue weighted by molar-refractivity contribution is 0.288. The van der Waals surface area contributed by atoms with Crippen molar-refractivity contribution in [3.05, 3.63) is 28.2 Å². The van der Waals surface area contributed by atoms with Crippen molar-refractivity contribution in [2.75, 3.05) is 44.2 Å². The Balaban J connectivity index is 1.90. The van der Waals surface area contributed by atoms with Gasteiger partial charge in [0.2, 0.25) is 0 Å². The third kappa shape index (κ3) is 4.02. The highest BCUT2D eigenvalue weighted by molar-refractivity contribution is 6.42. The lowest BCUT2D eigenvalue weighted by atomic mass is 10.2. The zero-order valence-electron chi connectivity index (χ0n) is 10.7. The summed E-state index contributed by atoms with van der Waals surface area (Å²) in [5.74, 6) is 5.96. The number of nitrogens with two attached hydrogens (primary N) is 1. The minimum absolute atomic E-state index is 0.434. The van der Waals surface area contributed by atoms with Gasteiger partial charge in [-0.25, -0.2) is 0 Å². The van der Waals surface area contributed by atoms with E-state index in [9.17, 15) is 0 Å². The van der Waals surface area contributed by atoms with E-state index in [-0.39, 0.29) is 0 Å². The quantitative estimate of drug-likeness (QED) is 0.849. The molecule has 2 rings (SSSR count). The van der Waals surface area contributed by atoms with Crippen molar-refractivity contribution in [2.45, 2.75) is 0 Å². The number of anilines is 1. The average molecular weight is 298 g/mol. The molecule has 0 unspecified atom stereocenters. The summed E-state index contributed by atoms with van der Waals surface area (Å²) in [4.78, 5) is 4.64. The fraction of sp³-hybridized carbons (Fsp3) is 0.429. The van der Waals surface area contributed by atoms with E-state index in [1.54, 1.807) is 0 Å². The maximum absolute atomic E-state index is 6.05. The van der Waals surface area contributed by atoms with E-state index in [1.165, 1.54) is 0 Å². The topological polar surface area (TPSA) is 32.5 Å². The van der Waals surface area contributed by atoms with Gasteiger partial charge in [-0.05, 0) is 18.2 Å². The van der Waals surface area contributed by atoms with E-state index in [4.69, 9.17) is 28.9 Å². The van der Waals surface area contributed by atoms with Crippen LogP contribution in [-0.2, 0) is 0 Å². The average Bonchev–Trinajstić information content (AvgIpc) is 2.43. The van der Waals surface area contributed by atoms with Crippen LogP contribution in [0.4, 0.5) is 5.69 Å². The molecule has 1 heterocycles. The van der Waals surface area contributed by atoms with E-state index >= 15 is 0 Å². The number of hydrogen-bond donors (Lipinski definition) is 1. The number of rotatable bonds is 2. The van der Waals surface area contributed by atoms with Gasteiger partial charge in [-0.3, -0.25) is 4.90 Å². The van der Waals surface area contributed by atoms with Crippen LogP contribution in [0.1, 0.15) is 0 Å². The molecule has 0 bridgehead atoms. The highest BCUT2D eigenvalue weighted by Gasteiger charge is 2.16. The van der Waals surface area contributed by atoms with Gasteiger partial charge in [0, 0.05) is 31.9 Å². The van der Waals surface area contributed by atoms with E-state index in [2.05, 4.69) is 21.6 Å². The molecule has 5 heteroatoms. The molecule has 1 fully saturated rings. The van der Waals surface area contributed by atoms with Gasteiger partial charge in [-0.1, -0.05) is 35.0 Å². The number of piperazine rings is 1. The summed E-state index contributed by atoms with van der Waals surface area (Å²) in [5, 5.41) is 1.21. The molecule has 1 aliphatic rings. The fourth-order valence-electron chi connectivity index (χ4n) is 2.09. The van der Waals surface area contributed by atoms with Crippen LogP contribution in [0.15, 0.2) is 18.2 Å². The minimum atomic E-state index is 0.434. The SMILES string of the molecule is NCC#CCN1CCN(c2ccc(Cl)c(Cl)c2)CC1. The highest BCUT2D eigenvalue weighted by atomic mass is 35.5. The lowest BCUT2D eigenvalue weighted by Crippen LogP contribution is -2.46. The molecule has 0 aromatic heterocycles. The first kappa shape index (κ1) is 14.5. The molecular formula is C14H17Cl2N3. The molecule has 0 spiro atoms. The predicted molar refractivity (Wildman–Crippen MR) is 81.9 cm³/mol. The Morgan fingerprint density at radius 1 is 1.05 bits per heavy atom. The van der Waals surface area contributed by atoms with Crippen LogP contribution in [0, 0.1) is 11.8 Å². The minimum Gasteiger partial charge on any atom is -0.369 e. The third-order valence-electron chi connectivity index (χ3n) is 3.17. The maximum Gasteiger partial charge on any atom is 0.0612 e. The second-order valence-corrected chi connectivity index (χ2v) is 5.23. The van der Waals surface area contributed by atoms with Crippen molar-refractivity contribution in [3.63, 3.8) is 0 Å². The first-order valence-electron chi connectivity index (χ1n) is 6.29. The van der Waals surface area contributed by atoms with E-state index in [0.29, 0.717) is 16.6 Å². The molecule has 0 atom stereocenters. The van der Waals surface area contributed by atoms with E-state index in [1.807, 2.05) is 18.2 Å². The van der Waals surface area contributed by atoms with Crippen LogP contribution < -0.4 is 10.6 Å². The molecule has 1 aliphatic heterocycles. The molecule has 19 heavy (non-hydrogen) atoms. The van der Waals surface area contributed by atoms with Crippen molar-refractivity contribution in [1.82, 2.24) is 4.90 Å². The Bertz CT molecular complexity index is 485. The lowest BCUT2D eigenvalue weighted by Gasteiger charge is -2.35. The van der Waals surface area contributed by atoms with Gasteiger partial charge in [-0.2, -0.15) is 0 Å². The smallest absolute Gasteiger partial charge is 0.0612 e. The Kier molecular flexibility index (Phi) is 5.35. The Morgan fingerprint density at radius 2 is 1.79 bits per heavy atom. The normalized spacial score (nSPS) is 16.1. The van der Waals surface area contributed by atoms with Gasteiger partial charge in [0.25, 0.3) is 0 Å². The van der Waals surface area contributed by atoms with Crippen molar-refractivity contribution < 1.29 is 0 Å². The van der Waals surface area contributed by atoms with Gasteiger partial charge in [0.1, 0.15) is 0 Å². The van der Waals surface area contributed by atoms with Crippen LogP contribution >= 0.6 is 23.2 Å². The van der Waals surface area contributed by atoms with Crippen molar-refractivity contribution in [1.29, 1.82) is 0 Å². The zero-order valence-corrected chi connectivity index (χ0v) is 12.2. The number of nitrogens with zero attached hydrogens (tertiary/aromatic N) is 2. The molecule has 3 nitrogen and oxygen atoms in total. The maximum atomic E-state index is 6.05. The van der Waals surface area contributed by atoms with Crippen LogP contribution in [0.5, 0.6) is 0 Å². The molecular weight excluding hydrogens is 281 g/mol. The van der Waals surface area contributed by atoms with Crippen LogP contribution in [0.3, 0.4) is 0 Å². The molecule has 2 N–H and O–H groups in total. The number of hydrogen-bond acceptors (Lipinski definition) is 3. The fourth-order valence-corrected chi connectivity index (χ4v) is 2.38. The summed E-state index contributed by atoms with van der Waals surface area (Å²) in [6, 6.07) is 5.78. The monoisotopic (exact) mass is 297 g/mol. The molecule has 0 aliphatic carbocycles. The second kappa shape index (κ2) is 7.02. The Labute approximate surface area is 124 Å². The highest BCUT2D eigenvalue weighted by Crippen LogP contribution is 2.27. The first-order chi connectivity index (χ1) is 9.20. The summed E-state index contributed by atoms with van der Waals surface area (Å²) in [6.07, 6.45) is 0. The number of benzene rings is 1. The van der Waals surface area contributed by atoms with Crippen molar-refractivity contribution in [2.24, 2.45) is 5.73 Å². The van der Waals surface area contributed by atoms with Gasteiger partial charge >= 0.3 is 0 Å². The standard InChI is InChI=1S/C14H17Cl2N3/c15-13-4-3-12(11-14(13)16)19-9-7-18(8-10-19)6-2-1-5-17/h3-4,11H,5-10,17H2. The Morgan fingerprint density at radius 3 is 2.42 bits per heavy atom. The molecule has 102 valence electrons. The van der Waals surface area contributed by atoms with Gasteiger partial charge < -0.3 is 10.6 Å². The van der Waals surface area contributed by atoms with Gasteiger partial charge in [0.05, 0.1) is 23.1 Å². The summed E-state index contributed by atoms with van der Waals surface area (Å²) >= 11 is 12.0. The largest absolute Gasteiger partial charge is 0.369 e. The second-order valence-electron chi connectivity index (χ2n) is 4.42. The van der Waals surface area contributed by atoms with Crippen LogP contribution in [-0.4, -0.2) is 44.2 Å². The molecule has 1 saturated heterocycles. The summed E-state index contributed by atoms with van der Waals surface area (Å²) < 4.78 is 0. The van der Waals surface area contributed by atoms with Crippen LogP contribution in [0.2, 0.25) is 10.0 Å².